The van der Waals surface area contributed by atoms with Crippen molar-refractivity contribution in [3.63, 3.8) is 0 Å². The Bertz CT molecular complexity index is 767. The van der Waals surface area contributed by atoms with Crippen LogP contribution in [0.3, 0.4) is 0 Å². The SMILES string of the molecule is CN=C(NCCOc1cccc2c1OC(C)(C)C2)NC1CCN(C(=O)C(C)C)C1.I. The number of nitrogens with zero attached hydrogens (tertiary/aromatic N) is 2. The molecule has 0 radical (unpaired) electrons. The number of benzene rings is 1. The summed E-state index contributed by atoms with van der Waals surface area (Å²) in [7, 11) is 1.75. The number of para-hydroxylation sites is 1. The van der Waals surface area contributed by atoms with Gasteiger partial charge in [-0.2, -0.15) is 0 Å². The minimum absolute atomic E-state index is 0. The number of carbonyl (C=O) groups is 1. The summed E-state index contributed by atoms with van der Waals surface area (Å²) in [4.78, 5) is 18.4. The van der Waals surface area contributed by atoms with Crippen molar-refractivity contribution < 1.29 is 14.3 Å². The van der Waals surface area contributed by atoms with E-state index in [4.69, 9.17) is 9.47 Å². The Morgan fingerprint density at radius 2 is 2.17 bits per heavy atom. The van der Waals surface area contributed by atoms with Gasteiger partial charge in [-0.05, 0) is 26.3 Å². The molecule has 0 bridgehead atoms. The maximum Gasteiger partial charge on any atom is 0.225 e. The standard InChI is InChI=1S/C22H34N4O3.HI/c1-15(2)20(27)26-11-9-17(14-26)25-21(23-5)24-10-12-28-18-8-6-7-16-13-22(3,4)29-19(16)18;/h6-8,15,17H,9-14H2,1-5H3,(H2,23,24,25);1H. The van der Waals surface area contributed by atoms with Crippen molar-refractivity contribution in [2.24, 2.45) is 10.9 Å². The number of guanidine groups is 1. The first kappa shape index (κ1) is 24.6. The number of ether oxygens (including phenoxy) is 2. The van der Waals surface area contributed by atoms with Crippen molar-refractivity contribution >= 4 is 35.8 Å². The fourth-order valence-electron chi connectivity index (χ4n) is 3.86. The zero-order valence-electron chi connectivity index (χ0n) is 18.7. The Labute approximate surface area is 197 Å². The number of rotatable bonds is 6. The molecule has 2 N–H and O–H groups in total. The predicted molar refractivity (Wildman–Crippen MR) is 130 cm³/mol. The van der Waals surface area contributed by atoms with E-state index < -0.39 is 0 Å². The van der Waals surface area contributed by atoms with Gasteiger partial charge in [-0.15, -0.1) is 24.0 Å². The van der Waals surface area contributed by atoms with Gasteiger partial charge in [0, 0.05) is 44.1 Å². The molecule has 2 aliphatic rings. The van der Waals surface area contributed by atoms with E-state index in [2.05, 4.69) is 35.5 Å². The summed E-state index contributed by atoms with van der Waals surface area (Å²) in [6.07, 6.45) is 1.82. The van der Waals surface area contributed by atoms with Crippen LogP contribution in [0.5, 0.6) is 11.5 Å². The minimum atomic E-state index is -0.182. The molecule has 0 aromatic heterocycles. The van der Waals surface area contributed by atoms with Crippen LogP contribution >= 0.6 is 24.0 Å². The molecule has 1 saturated heterocycles. The summed E-state index contributed by atoms with van der Waals surface area (Å²) in [5, 5.41) is 6.69. The van der Waals surface area contributed by atoms with E-state index in [1.54, 1.807) is 7.05 Å². The zero-order valence-corrected chi connectivity index (χ0v) is 21.0. The third kappa shape index (κ3) is 6.15. The fraction of sp³-hybridized carbons (Fsp3) is 0.636. The van der Waals surface area contributed by atoms with Crippen LogP contribution in [-0.4, -0.2) is 61.7 Å². The number of halogens is 1. The van der Waals surface area contributed by atoms with Gasteiger partial charge in [0.15, 0.2) is 17.5 Å². The molecule has 1 unspecified atom stereocenters. The number of nitrogens with one attached hydrogen (secondary N) is 2. The van der Waals surface area contributed by atoms with E-state index in [9.17, 15) is 4.79 Å². The molecule has 30 heavy (non-hydrogen) atoms. The summed E-state index contributed by atoms with van der Waals surface area (Å²) in [5.74, 6) is 2.63. The van der Waals surface area contributed by atoms with E-state index >= 15 is 0 Å². The van der Waals surface area contributed by atoms with E-state index in [0.29, 0.717) is 13.2 Å². The van der Waals surface area contributed by atoms with Crippen LogP contribution in [0.4, 0.5) is 0 Å². The molecule has 1 aromatic rings. The molecule has 1 amide bonds. The number of aliphatic imine (C=N–C) groups is 1. The van der Waals surface area contributed by atoms with Gasteiger partial charge in [0.25, 0.3) is 0 Å². The number of hydrogen-bond donors (Lipinski definition) is 2. The molecule has 2 aliphatic heterocycles. The first-order valence-electron chi connectivity index (χ1n) is 10.5. The summed E-state index contributed by atoms with van der Waals surface area (Å²) >= 11 is 0. The second kappa shape index (κ2) is 10.5. The van der Waals surface area contributed by atoms with Crippen molar-refractivity contribution in [2.75, 3.05) is 33.3 Å². The van der Waals surface area contributed by atoms with Crippen LogP contribution in [0.1, 0.15) is 39.7 Å². The van der Waals surface area contributed by atoms with E-state index in [1.165, 1.54) is 5.56 Å². The second-order valence-corrected chi connectivity index (χ2v) is 8.70. The molecule has 1 atom stereocenters. The van der Waals surface area contributed by atoms with Crippen LogP contribution < -0.4 is 20.1 Å². The quantitative estimate of drug-likeness (QED) is 0.256. The maximum absolute atomic E-state index is 12.1. The Kier molecular flexibility index (Phi) is 8.63. The van der Waals surface area contributed by atoms with Crippen molar-refractivity contribution in [1.82, 2.24) is 15.5 Å². The largest absolute Gasteiger partial charge is 0.488 e. The van der Waals surface area contributed by atoms with Crippen LogP contribution in [0.15, 0.2) is 23.2 Å². The van der Waals surface area contributed by atoms with Gasteiger partial charge in [0.2, 0.25) is 5.91 Å². The maximum atomic E-state index is 12.1. The van der Waals surface area contributed by atoms with E-state index in [1.807, 2.05) is 30.9 Å². The lowest BCUT2D eigenvalue weighted by molar-refractivity contribution is -0.133. The highest BCUT2D eigenvalue weighted by molar-refractivity contribution is 14.0. The normalized spacial score (nSPS) is 19.7. The number of likely N-dealkylation sites (tertiary alicyclic amines) is 1. The smallest absolute Gasteiger partial charge is 0.225 e. The average molecular weight is 530 g/mol. The lowest BCUT2D eigenvalue weighted by atomic mass is 10.0. The summed E-state index contributed by atoms with van der Waals surface area (Å²) in [6.45, 7) is 10.7. The molecule has 1 aromatic carbocycles. The predicted octanol–water partition coefficient (Wildman–Crippen LogP) is 2.82. The molecule has 168 valence electrons. The highest BCUT2D eigenvalue weighted by Gasteiger charge is 2.32. The van der Waals surface area contributed by atoms with Crippen LogP contribution in [-0.2, 0) is 11.2 Å². The van der Waals surface area contributed by atoms with E-state index in [-0.39, 0.29) is 47.4 Å². The first-order valence-corrected chi connectivity index (χ1v) is 10.5. The molecule has 0 spiro atoms. The highest BCUT2D eigenvalue weighted by Crippen LogP contribution is 2.41. The van der Waals surface area contributed by atoms with Crippen LogP contribution in [0, 0.1) is 5.92 Å². The van der Waals surface area contributed by atoms with Crippen molar-refractivity contribution in [3.05, 3.63) is 23.8 Å². The lowest BCUT2D eigenvalue weighted by Crippen LogP contribution is -2.46. The number of carbonyl (C=O) groups excluding carboxylic acids is 1. The van der Waals surface area contributed by atoms with Crippen LogP contribution in [0.2, 0.25) is 0 Å². The summed E-state index contributed by atoms with van der Waals surface area (Å²) in [5.41, 5.74) is 1.01. The summed E-state index contributed by atoms with van der Waals surface area (Å²) in [6, 6.07) is 6.27. The molecule has 7 nitrogen and oxygen atoms in total. The first-order chi connectivity index (χ1) is 13.8. The Hall–Kier alpha value is -1.71. The van der Waals surface area contributed by atoms with Crippen molar-refractivity contribution in [1.29, 1.82) is 0 Å². The average Bonchev–Trinajstić information content (AvgIpc) is 3.26. The molecule has 3 rings (SSSR count). The number of amides is 1. The van der Waals surface area contributed by atoms with Gasteiger partial charge in [-0.3, -0.25) is 9.79 Å². The number of hydrogen-bond acceptors (Lipinski definition) is 4. The molecular formula is C22H35IN4O3. The Balaban J connectivity index is 0.00000320. The summed E-state index contributed by atoms with van der Waals surface area (Å²) < 4.78 is 12.0. The zero-order chi connectivity index (χ0) is 21.0. The van der Waals surface area contributed by atoms with E-state index in [0.717, 1.165) is 43.4 Å². The van der Waals surface area contributed by atoms with Gasteiger partial charge >= 0.3 is 0 Å². The van der Waals surface area contributed by atoms with Gasteiger partial charge in [-0.25, -0.2) is 0 Å². The molecular weight excluding hydrogens is 495 g/mol. The monoisotopic (exact) mass is 530 g/mol. The topological polar surface area (TPSA) is 75.2 Å². The molecule has 1 fully saturated rings. The second-order valence-electron chi connectivity index (χ2n) is 8.70. The third-order valence-electron chi connectivity index (χ3n) is 5.27. The molecule has 2 heterocycles. The fourth-order valence-corrected chi connectivity index (χ4v) is 3.86. The molecule has 0 aliphatic carbocycles. The van der Waals surface area contributed by atoms with Gasteiger partial charge in [-0.1, -0.05) is 26.0 Å². The molecule has 0 saturated carbocycles. The van der Waals surface area contributed by atoms with Crippen molar-refractivity contribution in [2.45, 2.75) is 52.2 Å². The van der Waals surface area contributed by atoms with Crippen LogP contribution in [0.25, 0.3) is 0 Å². The Morgan fingerprint density at radius 1 is 1.40 bits per heavy atom. The third-order valence-corrected chi connectivity index (χ3v) is 5.27. The van der Waals surface area contributed by atoms with Crippen molar-refractivity contribution in [3.8, 4) is 11.5 Å². The van der Waals surface area contributed by atoms with Gasteiger partial charge < -0.3 is 25.0 Å². The highest BCUT2D eigenvalue weighted by atomic mass is 127. The number of fused-ring (bicyclic) bond motifs is 1. The van der Waals surface area contributed by atoms with Gasteiger partial charge in [0.1, 0.15) is 12.2 Å². The lowest BCUT2D eigenvalue weighted by Gasteiger charge is -2.20. The minimum Gasteiger partial charge on any atom is -0.488 e. The van der Waals surface area contributed by atoms with Gasteiger partial charge in [0.05, 0.1) is 6.54 Å². The Morgan fingerprint density at radius 3 is 2.87 bits per heavy atom. The molecule has 8 heteroatoms.